The SMILES string of the molecule is [2H]C([2H])([2H])C1(C)c2ccccc2-c2ccc(-n3c4ccccc4c4c5c6ccccc6n(-c6ccc(-c7ccccc7)cc6)c5ccc43)cc21.[2H]C([2H])([2H])C1(C)c2ccccc2-c2ccc(-n3c4ccccc4c4c5c6ccccc6n(-c6ccc7c(c6)-c6ccccc6C7)c5ccc43)cc21.[2H]C([2H])([2H])C1(C)c2ccccc2-c2ccc(-n3c4ccccc4c4c5c6ccccc6n(-c6ccccc6)c5ccc43)cc21. The van der Waals surface area contributed by atoms with Crippen LogP contribution in [0.25, 0.3) is 221 Å². The molecule has 0 aliphatic heterocycles. The van der Waals surface area contributed by atoms with Crippen molar-refractivity contribution in [1.29, 1.82) is 0 Å². The van der Waals surface area contributed by atoms with Gasteiger partial charge >= 0.3 is 0 Å². The zero-order chi connectivity index (χ0) is 97.8. The molecule has 0 saturated carbocycles. The Morgan fingerprint density at radius 2 is 0.419 bits per heavy atom. The lowest BCUT2D eigenvalue weighted by Crippen LogP contribution is -2.15. The summed E-state index contributed by atoms with van der Waals surface area (Å²) in [5, 5.41) is 14.4. The fourth-order valence-electron chi connectivity index (χ4n) is 24.3. The molecule has 0 radical (unpaired) electrons. The smallest absolute Gasteiger partial charge is 0.0548 e. The van der Waals surface area contributed by atoms with Crippen molar-refractivity contribution >= 4 is 131 Å². The van der Waals surface area contributed by atoms with Gasteiger partial charge in [0.2, 0.25) is 0 Å². The van der Waals surface area contributed by atoms with Crippen molar-refractivity contribution in [2.75, 3.05) is 0 Å². The highest BCUT2D eigenvalue weighted by atomic mass is 15.0. The van der Waals surface area contributed by atoms with Gasteiger partial charge in [0, 0.05) is 127 Å². The van der Waals surface area contributed by atoms with Crippen molar-refractivity contribution in [3.05, 3.63) is 481 Å². The second kappa shape index (κ2) is 29.1. The zero-order valence-electron chi connectivity index (χ0n) is 84.0. The van der Waals surface area contributed by atoms with Crippen LogP contribution in [-0.2, 0) is 22.7 Å². The summed E-state index contributed by atoms with van der Waals surface area (Å²) in [5.41, 5.74) is 35.4. The van der Waals surface area contributed by atoms with E-state index in [0.29, 0.717) is 0 Å². The molecule has 20 aromatic carbocycles. The minimum Gasteiger partial charge on any atom is -0.309 e. The van der Waals surface area contributed by atoms with Gasteiger partial charge in [-0.25, -0.2) is 0 Å². The molecule has 6 nitrogen and oxygen atoms in total. The van der Waals surface area contributed by atoms with Crippen molar-refractivity contribution in [3.8, 4) is 89.8 Å². The van der Waals surface area contributed by atoms with Crippen molar-refractivity contribution in [1.82, 2.24) is 27.4 Å². The summed E-state index contributed by atoms with van der Waals surface area (Å²) < 4.78 is 92.4. The van der Waals surface area contributed by atoms with E-state index >= 15 is 0 Å². The molecule has 6 heterocycles. The van der Waals surface area contributed by atoms with Crippen LogP contribution >= 0.6 is 0 Å². The molecule has 4 aliphatic carbocycles. The number of rotatable bonds is 7. The second-order valence-electron chi connectivity index (χ2n) is 37.8. The van der Waals surface area contributed by atoms with E-state index in [4.69, 9.17) is 12.3 Å². The molecule has 26 aromatic rings. The van der Waals surface area contributed by atoms with Crippen molar-refractivity contribution in [2.45, 2.75) is 64.0 Å². The molecule has 0 spiro atoms. The lowest BCUT2D eigenvalue weighted by Gasteiger charge is -2.22. The lowest BCUT2D eigenvalue weighted by molar-refractivity contribution is 0.660. The molecule has 136 heavy (non-hydrogen) atoms. The highest BCUT2D eigenvalue weighted by Gasteiger charge is 2.40. The number of hydrogen-bond acceptors (Lipinski definition) is 0. The van der Waals surface area contributed by atoms with Crippen LogP contribution in [0.5, 0.6) is 0 Å². The Morgan fingerprint density at radius 3 is 0.765 bits per heavy atom. The predicted octanol–water partition coefficient (Wildman–Crippen LogP) is 33.8. The molecular formula is C130H92N6. The monoisotopic (exact) mass is 1750 g/mol. The van der Waals surface area contributed by atoms with E-state index in [-0.39, 0.29) is 0 Å². The maximum atomic E-state index is 8.74. The van der Waals surface area contributed by atoms with Gasteiger partial charge in [0.25, 0.3) is 0 Å². The second-order valence-corrected chi connectivity index (χ2v) is 37.8. The molecule has 3 unspecified atom stereocenters. The van der Waals surface area contributed by atoms with Crippen LogP contribution in [0.15, 0.2) is 437 Å². The van der Waals surface area contributed by atoms with E-state index in [2.05, 4.69) is 391 Å². The van der Waals surface area contributed by atoms with Crippen LogP contribution in [0.2, 0.25) is 0 Å². The Labute approximate surface area is 800 Å². The number of benzene rings is 20. The Morgan fingerprint density at radius 1 is 0.176 bits per heavy atom. The first-order valence-electron chi connectivity index (χ1n) is 51.6. The lowest BCUT2D eigenvalue weighted by atomic mass is 9.82. The maximum absolute atomic E-state index is 8.74. The summed E-state index contributed by atoms with van der Waals surface area (Å²) >= 11 is 0. The van der Waals surface area contributed by atoms with E-state index in [1.165, 1.54) is 104 Å². The Bertz CT molecular complexity index is 10000. The Balaban J connectivity index is 0.000000106. The third-order valence-corrected chi connectivity index (χ3v) is 30.4. The third-order valence-electron chi connectivity index (χ3n) is 30.4. The quantitative estimate of drug-likeness (QED) is 0.152. The molecule has 642 valence electrons. The number of hydrogen-bond donors (Lipinski definition) is 0. The third kappa shape index (κ3) is 11.1. The van der Waals surface area contributed by atoms with Crippen molar-refractivity contribution in [3.63, 3.8) is 0 Å². The van der Waals surface area contributed by atoms with Crippen LogP contribution in [0.3, 0.4) is 0 Å². The Kier molecular flexibility index (Phi) is 14.8. The number of nitrogens with zero attached hydrogens (tertiary/aromatic N) is 6. The summed E-state index contributed by atoms with van der Waals surface area (Å²) in [6.45, 7) is -1.01. The number of fused-ring (bicyclic) bond motifs is 33. The molecule has 0 bridgehead atoms. The van der Waals surface area contributed by atoms with Crippen LogP contribution in [0.1, 0.15) is 98.2 Å². The maximum Gasteiger partial charge on any atom is 0.0548 e. The van der Waals surface area contributed by atoms with E-state index in [1.807, 2.05) is 93.6 Å². The predicted molar refractivity (Wildman–Crippen MR) is 572 cm³/mol. The molecule has 4 aliphatic rings. The first kappa shape index (κ1) is 69.1. The summed E-state index contributed by atoms with van der Waals surface area (Å²) in [6, 6.07) is 154. The van der Waals surface area contributed by atoms with Gasteiger partial charge in [-0.1, -0.05) is 333 Å². The van der Waals surface area contributed by atoms with E-state index < -0.39 is 36.8 Å². The average molecular weight is 1750 g/mol. The molecule has 6 aromatic heterocycles. The van der Waals surface area contributed by atoms with Gasteiger partial charge in [-0.3, -0.25) is 0 Å². The number of para-hydroxylation sites is 7. The highest BCUT2D eigenvalue weighted by Crippen LogP contribution is 2.56. The zero-order valence-corrected chi connectivity index (χ0v) is 75.0. The molecule has 0 saturated heterocycles. The summed E-state index contributed by atoms with van der Waals surface area (Å²) in [6.07, 6.45) is 0.972. The molecule has 6 heteroatoms. The summed E-state index contributed by atoms with van der Waals surface area (Å²) in [5.74, 6) is 0. The molecule has 30 rings (SSSR count). The molecule has 3 atom stereocenters. The van der Waals surface area contributed by atoms with Gasteiger partial charge in [-0.2, -0.15) is 0 Å². The first-order chi connectivity index (χ1) is 70.5. The topological polar surface area (TPSA) is 29.6 Å². The van der Waals surface area contributed by atoms with Crippen molar-refractivity contribution < 1.29 is 12.3 Å². The van der Waals surface area contributed by atoms with E-state index in [1.54, 1.807) is 0 Å². The molecule has 0 N–H and O–H groups in total. The minimum absolute atomic E-state index is 0.846. The molecule has 0 fully saturated rings. The fraction of sp³-hybridized carbons (Fsp3) is 0.0769. The summed E-state index contributed by atoms with van der Waals surface area (Å²) in [7, 11) is 0. The highest BCUT2D eigenvalue weighted by molar-refractivity contribution is 6.32. The Hall–Kier alpha value is -16.8. The molecular weight excluding hydrogens is 1650 g/mol. The minimum atomic E-state index is -2.22. The van der Waals surface area contributed by atoms with Gasteiger partial charge in [0.1, 0.15) is 0 Å². The normalized spacial score (nSPS) is 17.2. The van der Waals surface area contributed by atoms with E-state index in [0.717, 1.165) is 168 Å². The van der Waals surface area contributed by atoms with Crippen molar-refractivity contribution in [2.24, 2.45) is 0 Å². The van der Waals surface area contributed by atoms with Crippen LogP contribution in [-0.4, -0.2) is 27.4 Å². The number of aromatic nitrogens is 6. The fourth-order valence-corrected chi connectivity index (χ4v) is 24.3. The van der Waals surface area contributed by atoms with Crippen LogP contribution in [0, 0.1) is 0 Å². The van der Waals surface area contributed by atoms with Gasteiger partial charge in [-0.15, -0.1) is 0 Å². The van der Waals surface area contributed by atoms with Crippen LogP contribution < -0.4 is 0 Å². The average Bonchev–Trinajstić information content (AvgIpc) is 1.54. The first-order valence-corrected chi connectivity index (χ1v) is 47.1. The van der Waals surface area contributed by atoms with Gasteiger partial charge in [0.15, 0.2) is 0 Å². The summed E-state index contributed by atoms with van der Waals surface area (Å²) in [4.78, 5) is 0. The van der Waals surface area contributed by atoms with Crippen LogP contribution in [0.4, 0.5) is 0 Å². The largest absolute Gasteiger partial charge is 0.309 e. The van der Waals surface area contributed by atoms with E-state index in [9.17, 15) is 0 Å². The molecule has 0 amide bonds. The standard InChI is InChI=1S/C46H32N2.C45H32N2.C39H28N2/c1-46(2)38-16-8-5-13-33(38)34-22-21-31(27-39(34)46)48-41-18-10-7-15-36(41)45-43(48)24-23-42-44(45)35-14-6-9-17-40(35)47(42)30-20-19-29-25-28-11-3-4-12-32(28)37(29)26-30;1-45(2)37-17-9-6-14-33(37)34-25-24-32(28-38(34)45)47-40-19-11-8-16-36(40)44-42(47)27-26-41-43(44)35-15-7-10-18-39(35)46(41)31-22-20-30(21-23-31)29-12-4-3-5-13-29;1-39(2)31-17-9-6-14-27(31)28-21-20-26(24-32(28)39)41-34-19-11-8-16-30(34)38-36(41)23-22-35-37(38)29-15-7-10-18-33(29)40(35)25-12-4-3-5-13-25/h3-24,26-27H,25H2,1-2H3;3-28H,1-2H3;3-24H,1-2H3/i3*1D3. The van der Waals surface area contributed by atoms with Gasteiger partial charge in [-0.05, 0) is 252 Å². The van der Waals surface area contributed by atoms with Gasteiger partial charge < -0.3 is 27.4 Å². The van der Waals surface area contributed by atoms with Gasteiger partial charge in [0.05, 0.1) is 66.2 Å².